The first-order valence-corrected chi connectivity index (χ1v) is 11.4. The summed E-state index contributed by atoms with van der Waals surface area (Å²) in [6, 6.07) is 20.9. The second-order valence-electron chi connectivity index (χ2n) is 8.35. The normalized spacial score (nSPS) is 14.2. The number of amides is 3. The van der Waals surface area contributed by atoms with Gasteiger partial charge in [0.2, 0.25) is 0 Å². The lowest BCUT2D eigenvalue weighted by molar-refractivity contribution is -0.123. The average Bonchev–Trinajstić information content (AvgIpc) is 3.11. The molecule has 1 aliphatic rings. The molecular weight excluding hydrogens is 440 g/mol. The van der Waals surface area contributed by atoms with Crippen LogP contribution in [0.5, 0.6) is 11.5 Å². The molecule has 178 valence electrons. The van der Waals surface area contributed by atoms with Crippen LogP contribution in [0.3, 0.4) is 0 Å². The van der Waals surface area contributed by atoms with Crippen molar-refractivity contribution in [2.45, 2.75) is 26.5 Å². The number of nitrogens with zero attached hydrogens (tertiary/aromatic N) is 1. The van der Waals surface area contributed by atoms with Gasteiger partial charge in [0.1, 0.15) is 12.3 Å². The summed E-state index contributed by atoms with van der Waals surface area (Å²) in [4.78, 5) is 26.7. The van der Waals surface area contributed by atoms with E-state index < -0.39 is 6.03 Å². The third kappa shape index (κ3) is 5.61. The molecule has 3 amide bonds. The molecule has 1 N–H and O–H groups in total. The van der Waals surface area contributed by atoms with Gasteiger partial charge in [0.25, 0.3) is 5.91 Å². The number of hydrogen-bond donors (Lipinski definition) is 1. The van der Waals surface area contributed by atoms with Crippen molar-refractivity contribution in [2.75, 3.05) is 7.11 Å². The van der Waals surface area contributed by atoms with Crippen LogP contribution in [0.2, 0.25) is 0 Å². The van der Waals surface area contributed by atoms with Crippen LogP contribution in [0.4, 0.5) is 4.79 Å². The first kappa shape index (κ1) is 23.8. The molecule has 0 radical (unpaired) electrons. The largest absolute Gasteiger partial charge is 0.493 e. The Bertz CT molecular complexity index is 1280. The van der Waals surface area contributed by atoms with E-state index in [1.54, 1.807) is 25.3 Å². The number of benzene rings is 3. The van der Waals surface area contributed by atoms with E-state index in [1.807, 2.05) is 67.6 Å². The molecule has 6 heteroatoms. The molecule has 3 aromatic rings. The predicted molar refractivity (Wildman–Crippen MR) is 136 cm³/mol. The lowest BCUT2D eigenvalue weighted by Crippen LogP contribution is -2.30. The number of nitrogens with one attached hydrogen (secondary N) is 1. The van der Waals surface area contributed by atoms with Crippen LogP contribution in [0, 0.1) is 6.92 Å². The van der Waals surface area contributed by atoms with Gasteiger partial charge in [-0.2, -0.15) is 0 Å². The highest BCUT2D eigenvalue weighted by Crippen LogP contribution is 2.35. The van der Waals surface area contributed by atoms with Crippen LogP contribution >= 0.6 is 0 Å². The van der Waals surface area contributed by atoms with Crippen molar-refractivity contribution in [3.05, 3.63) is 113 Å². The average molecular weight is 469 g/mol. The van der Waals surface area contributed by atoms with Gasteiger partial charge >= 0.3 is 6.03 Å². The van der Waals surface area contributed by atoms with E-state index in [0.717, 1.165) is 22.3 Å². The Hall–Kier alpha value is -4.32. The molecule has 1 aliphatic heterocycles. The fourth-order valence-corrected chi connectivity index (χ4v) is 3.99. The van der Waals surface area contributed by atoms with Crippen LogP contribution in [-0.2, 0) is 24.4 Å². The van der Waals surface area contributed by atoms with Crippen LogP contribution in [0.1, 0.15) is 27.8 Å². The monoisotopic (exact) mass is 468 g/mol. The Morgan fingerprint density at radius 2 is 1.77 bits per heavy atom. The molecule has 0 atom stereocenters. The molecule has 0 spiro atoms. The summed E-state index contributed by atoms with van der Waals surface area (Å²) in [7, 11) is 1.57. The van der Waals surface area contributed by atoms with Crippen LogP contribution in [0.15, 0.2) is 85.1 Å². The molecule has 6 nitrogen and oxygen atoms in total. The topological polar surface area (TPSA) is 67.9 Å². The van der Waals surface area contributed by atoms with E-state index in [4.69, 9.17) is 9.47 Å². The van der Waals surface area contributed by atoms with Gasteiger partial charge in [0.05, 0.1) is 13.7 Å². The van der Waals surface area contributed by atoms with E-state index in [0.29, 0.717) is 30.1 Å². The lowest BCUT2D eigenvalue weighted by Gasteiger charge is -2.16. The van der Waals surface area contributed by atoms with E-state index in [-0.39, 0.29) is 18.1 Å². The van der Waals surface area contributed by atoms with Crippen molar-refractivity contribution in [1.82, 2.24) is 10.2 Å². The molecular formula is C29H28N2O4. The van der Waals surface area contributed by atoms with Gasteiger partial charge in [-0.1, -0.05) is 66.2 Å². The van der Waals surface area contributed by atoms with Crippen molar-refractivity contribution in [3.63, 3.8) is 0 Å². The quantitative estimate of drug-likeness (QED) is 0.259. The summed E-state index contributed by atoms with van der Waals surface area (Å²) >= 11 is 0. The van der Waals surface area contributed by atoms with Crippen molar-refractivity contribution in [2.24, 2.45) is 0 Å². The van der Waals surface area contributed by atoms with Crippen LogP contribution < -0.4 is 14.8 Å². The molecule has 0 aromatic heterocycles. The molecule has 1 saturated heterocycles. The van der Waals surface area contributed by atoms with Gasteiger partial charge < -0.3 is 14.8 Å². The zero-order chi connectivity index (χ0) is 24.8. The number of ether oxygens (including phenoxy) is 2. The lowest BCUT2D eigenvalue weighted by atomic mass is 10.0. The standard InChI is InChI=1S/C29H28N2O4/c1-4-9-24-15-23(17-26(34-3)27(24)35-19-21-11-6-5-7-12-21)16-25-28(32)31(29(33)30-25)18-22-13-8-10-20(2)14-22/h4-8,10-17H,1,9,18-19H2,2-3H3,(H,30,33)/b25-16+. The minimum Gasteiger partial charge on any atom is -0.493 e. The number of imide groups is 1. The maximum atomic E-state index is 13.0. The van der Waals surface area contributed by atoms with Crippen LogP contribution in [0.25, 0.3) is 6.08 Å². The highest BCUT2D eigenvalue weighted by molar-refractivity contribution is 6.13. The minimum atomic E-state index is -0.441. The molecule has 0 bridgehead atoms. The molecule has 0 saturated carbocycles. The van der Waals surface area contributed by atoms with E-state index in [2.05, 4.69) is 11.9 Å². The molecule has 35 heavy (non-hydrogen) atoms. The van der Waals surface area contributed by atoms with Crippen LogP contribution in [-0.4, -0.2) is 23.9 Å². The SMILES string of the molecule is C=CCc1cc(/C=C2/NC(=O)N(Cc3cccc(C)c3)C2=O)cc(OC)c1OCc1ccccc1. The van der Waals surface area contributed by atoms with E-state index in [1.165, 1.54) is 4.90 Å². The Kier molecular flexibility index (Phi) is 7.31. The van der Waals surface area contributed by atoms with Gasteiger partial charge in [-0.3, -0.25) is 9.69 Å². The van der Waals surface area contributed by atoms with E-state index in [9.17, 15) is 9.59 Å². The zero-order valence-corrected chi connectivity index (χ0v) is 19.9. The van der Waals surface area contributed by atoms with E-state index >= 15 is 0 Å². The van der Waals surface area contributed by atoms with Gasteiger partial charge in [-0.05, 0) is 48.2 Å². The maximum absolute atomic E-state index is 13.0. The van der Waals surface area contributed by atoms with Gasteiger partial charge in [-0.25, -0.2) is 4.79 Å². The number of urea groups is 1. The fourth-order valence-electron chi connectivity index (χ4n) is 3.99. The van der Waals surface area contributed by atoms with Gasteiger partial charge in [0.15, 0.2) is 11.5 Å². The predicted octanol–water partition coefficient (Wildman–Crippen LogP) is 5.40. The maximum Gasteiger partial charge on any atom is 0.329 e. The Labute approximate surface area is 205 Å². The third-order valence-electron chi connectivity index (χ3n) is 5.66. The minimum absolute atomic E-state index is 0.209. The number of hydrogen-bond acceptors (Lipinski definition) is 4. The summed E-state index contributed by atoms with van der Waals surface area (Å²) < 4.78 is 11.7. The van der Waals surface area contributed by atoms with Crippen molar-refractivity contribution >= 4 is 18.0 Å². The Balaban J connectivity index is 1.59. The third-order valence-corrected chi connectivity index (χ3v) is 5.66. The number of aryl methyl sites for hydroxylation is 1. The Morgan fingerprint density at radius 3 is 2.49 bits per heavy atom. The summed E-state index contributed by atoms with van der Waals surface area (Å²) in [6.07, 6.45) is 4.00. The summed E-state index contributed by atoms with van der Waals surface area (Å²) in [5.41, 5.74) is 4.80. The fraction of sp³-hybridized carbons (Fsp3) is 0.172. The zero-order valence-electron chi connectivity index (χ0n) is 19.9. The Morgan fingerprint density at radius 1 is 1.00 bits per heavy atom. The summed E-state index contributed by atoms with van der Waals surface area (Å²) in [6.45, 7) is 6.43. The smallest absolute Gasteiger partial charge is 0.329 e. The number of carbonyl (C=O) groups is 2. The van der Waals surface area contributed by atoms with Gasteiger partial charge in [0, 0.05) is 5.56 Å². The molecule has 0 unspecified atom stereocenters. The molecule has 0 aliphatic carbocycles. The summed E-state index contributed by atoms with van der Waals surface area (Å²) in [5.74, 6) is 0.798. The number of carbonyl (C=O) groups excluding carboxylic acids is 2. The first-order valence-electron chi connectivity index (χ1n) is 11.4. The number of rotatable bonds is 9. The van der Waals surface area contributed by atoms with Crippen molar-refractivity contribution < 1.29 is 19.1 Å². The molecule has 1 heterocycles. The van der Waals surface area contributed by atoms with Crippen molar-refractivity contribution in [1.29, 1.82) is 0 Å². The van der Waals surface area contributed by atoms with Gasteiger partial charge in [-0.15, -0.1) is 6.58 Å². The first-order chi connectivity index (χ1) is 17.0. The second kappa shape index (κ2) is 10.7. The summed E-state index contributed by atoms with van der Waals surface area (Å²) in [5, 5.41) is 2.69. The highest BCUT2D eigenvalue weighted by Gasteiger charge is 2.33. The molecule has 3 aromatic carbocycles. The molecule has 1 fully saturated rings. The van der Waals surface area contributed by atoms with Crippen molar-refractivity contribution in [3.8, 4) is 11.5 Å². The number of allylic oxidation sites excluding steroid dienone is 1. The molecule has 4 rings (SSSR count). The highest BCUT2D eigenvalue weighted by atomic mass is 16.5. The number of methoxy groups -OCH3 is 1. The second-order valence-corrected chi connectivity index (χ2v) is 8.35.